The molecule has 0 saturated heterocycles. The molecule has 4 heteroatoms. The Morgan fingerprint density at radius 1 is 1.60 bits per heavy atom. The Bertz CT molecular complexity index is 389. The van der Waals surface area contributed by atoms with Gasteiger partial charge in [0.1, 0.15) is 0 Å². The Balaban J connectivity index is 2.30. The molecule has 0 amide bonds. The SMILES string of the molecule is O=C(O)C[C@@H]1OCCc2cc(Br)ccc21. The first-order chi connectivity index (χ1) is 7.16. The van der Waals surface area contributed by atoms with Crippen molar-refractivity contribution in [1.82, 2.24) is 0 Å². The van der Waals surface area contributed by atoms with E-state index in [0.29, 0.717) is 6.61 Å². The summed E-state index contributed by atoms with van der Waals surface area (Å²) in [5, 5.41) is 8.76. The van der Waals surface area contributed by atoms with E-state index in [0.717, 1.165) is 16.5 Å². The average Bonchev–Trinajstić information content (AvgIpc) is 2.16. The molecule has 0 radical (unpaired) electrons. The molecule has 0 aliphatic carbocycles. The van der Waals surface area contributed by atoms with Crippen molar-refractivity contribution in [1.29, 1.82) is 0 Å². The van der Waals surface area contributed by atoms with Crippen molar-refractivity contribution < 1.29 is 14.6 Å². The normalized spacial score (nSPS) is 19.7. The Labute approximate surface area is 96.2 Å². The molecule has 0 fully saturated rings. The topological polar surface area (TPSA) is 46.5 Å². The molecule has 0 unspecified atom stereocenters. The zero-order chi connectivity index (χ0) is 10.8. The number of fused-ring (bicyclic) bond motifs is 1. The van der Waals surface area contributed by atoms with E-state index in [1.807, 2.05) is 18.2 Å². The molecule has 0 saturated carbocycles. The van der Waals surface area contributed by atoms with Crippen LogP contribution in [0.25, 0.3) is 0 Å². The van der Waals surface area contributed by atoms with Gasteiger partial charge < -0.3 is 9.84 Å². The van der Waals surface area contributed by atoms with Crippen LogP contribution in [0.2, 0.25) is 0 Å². The minimum absolute atomic E-state index is 0.0363. The van der Waals surface area contributed by atoms with E-state index in [1.54, 1.807) is 0 Å². The van der Waals surface area contributed by atoms with E-state index in [1.165, 1.54) is 5.56 Å². The lowest BCUT2D eigenvalue weighted by atomic mass is 9.96. The number of benzene rings is 1. The molecule has 1 aromatic rings. The second-order valence-corrected chi connectivity index (χ2v) is 4.47. The molecule has 80 valence electrons. The van der Waals surface area contributed by atoms with E-state index in [9.17, 15) is 4.79 Å². The molecule has 2 rings (SSSR count). The van der Waals surface area contributed by atoms with Gasteiger partial charge in [0.2, 0.25) is 0 Å². The number of ether oxygens (including phenoxy) is 1. The van der Waals surface area contributed by atoms with Crippen LogP contribution in [0.5, 0.6) is 0 Å². The summed E-state index contributed by atoms with van der Waals surface area (Å²) in [4.78, 5) is 10.7. The third-order valence-corrected chi connectivity index (χ3v) is 3.00. The fourth-order valence-electron chi connectivity index (χ4n) is 1.83. The maximum Gasteiger partial charge on any atom is 0.306 e. The Morgan fingerprint density at radius 3 is 3.13 bits per heavy atom. The van der Waals surface area contributed by atoms with Gasteiger partial charge in [-0.3, -0.25) is 4.79 Å². The predicted octanol–water partition coefficient (Wildman–Crippen LogP) is 2.54. The van der Waals surface area contributed by atoms with Crippen LogP contribution >= 0.6 is 15.9 Å². The molecule has 0 aromatic heterocycles. The van der Waals surface area contributed by atoms with Crippen LogP contribution in [0.1, 0.15) is 23.7 Å². The summed E-state index contributed by atoms with van der Waals surface area (Å²) in [6.07, 6.45) is 0.596. The molecular weight excluding hydrogens is 260 g/mol. The lowest BCUT2D eigenvalue weighted by Crippen LogP contribution is -2.18. The van der Waals surface area contributed by atoms with Gasteiger partial charge in [-0.1, -0.05) is 22.0 Å². The smallest absolute Gasteiger partial charge is 0.306 e. The summed E-state index contributed by atoms with van der Waals surface area (Å²) in [5.41, 5.74) is 2.19. The van der Waals surface area contributed by atoms with E-state index < -0.39 is 5.97 Å². The van der Waals surface area contributed by atoms with Crippen LogP contribution in [0.15, 0.2) is 22.7 Å². The third-order valence-electron chi connectivity index (χ3n) is 2.50. The van der Waals surface area contributed by atoms with Crippen LogP contribution in [-0.2, 0) is 16.0 Å². The summed E-state index contributed by atoms with van der Waals surface area (Å²) in [7, 11) is 0. The summed E-state index contributed by atoms with van der Waals surface area (Å²) in [6.45, 7) is 0.599. The molecule has 1 heterocycles. The first kappa shape index (κ1) is 10.6. The van der Waals surface area contributed by atoms with Gasteiger partial charge in [0.25, 0.3) is 0 Å². The Morgan fingerprint density at radius 2 is 2.40 bits per heavy atom. The Hall–Kier alpha value is -0.870. The minimum Gasteiger partial charge on any atom is -0.481 e. The first-order valence-electron chi connectivity index (χ1n) is 4.78. The number of halogens is 1. The summed E-state index contributed by atoms with van der Waals surface area (Å²) in [6, 6.07) is 5.89. The molecule has 1 aliphatic heterocycles. The highest BCUT2D eigenvalue weighted by Gasteiger charge is 2.23. The molecule has 1 atom stereocenters. The van der Waals surface area contributed by atoms with E-state index >= 15 is 0 Å². The van der Waals surface area contributed by atoms with Crippen LogP contribution in [-0.4, -0.2) is 17.7 Å². The fraction of sp³-hybridized carbons (Fsp3) is 0.364. The summed E-state index contributed by atoms with van der Waals surface area (Å²) >= 11 is 3.40. The first-order valence-corrected chi connectivity index (χ1v) is 5.58. The zero-order valence-electron chi connectivity index (χ0n) is 8.07. The van der Waals surface area contributed by atoms with Gasteiger partial charge >= 0.3 is 5.97 Å². The summed E-state index contributed by atoms with van der Waals surface area (Å²) < 4.78 is 6.48. The van der Waals surface area contributed by atoms with Gasteiger partial charge in [0.05, 0.1) is 19.1 Å². The van der Waals surface area contributed by atoms with Gasteiger partial charge in [-0.25, -0.2) is 0 Å². The largest absolute Gasteiger partial charge is 0.481 e. The lowest BCUT2D eigenvalue weighted by Gasteiger charge is -2.25. The van der Waals surface area contributed by atoms with Crippen LogP contribution in [0, 0.1) is 0 Å². The molecule has 0 spiro atoms. The van der Waals surface area contributed by atoms with Gasteiger partial charge in [0, 0.05) is 4.47 Å². The van der Waals surface area contributed by atoms with Crippen molar-refractivity contribution in [3.05, 3.63) is 33.8 Å². The van der Waals surface area contributed by atoms with Gasteiger partial charge in [-0.05, 0) is 29.7 Å². The van der Waals surface area contributed by atoms with Crippen molar-refractivity contribution in [2.45, 2.75) is 18.9 Å². The highest BCUT2D eigenvalue weighted by molar-refractivity contribution is 9.10. The number of carbonyl (C=O) groups is 1. The van der Waals surface area contributed by atoms with Crippen molar-refractivity contribution in [2.75, 3.05) is 6.61 Å². The van der Waals surface area contributed by atoms with Gasteiger partial charge in [-0.15, -0.1) is 0 Å². The number of aliphatic carboxylic acids is 1. The van der Waals surface area contributed by atoms with Crippen molar-refractivity contribution >= 4 is 21.9 Å². The number of rotatable bonds is 2. The standard InChI is InChI=1S/C11H11BrO3/c12-8-1-2-9-7(5-8)3-4-15-10(9)6-11(13)14/h1-2,5,10H,3-4,6H2,(H,13,14)/t10-/m0/s1. The second kappa shape index (κ2) is 4.33. The minimum atomic E-state index is -0.823. The highest BCUT2D eigenvalue weighted by Crippen LogP contribution is 2.31. The second-order valence-electron chi connectivity index (χ2n) is 3.55. The zero-order valence-corrected chi connectivity index (χ0v) is 9.66. The highest BCUT2D eigenvalue weighted by atomic mass is 79.9. The van der Waals surface area contributed by atoms with Crippen LogP contribution < -0.4 is 0 Å². The number of carboxylic acids is 1. The lowest BCUT2D eigenvalue weighted by molar-refractivity contribution is -0.140. The van der Waals surface area contributed by atoms with E-state index in [4.69, 9.17) is 9.84 Å². The number of hydrogen-bond acceptors (Lipinski definition) is 2. The quantitative estimate of drug-likeness (QED) is 0.899. The number of carboxylic acid groups (broad SMARTS) is 1. The predicted molar refractivity (Wildman–Crippen MR) is 58.8 cm³/mol. The molecule has 1 aliphatic rings. The van der Waals surface area contributed by atoms with Crippen molar-refractivity contribution in [2.24, 2.45) is 0 Å². The van der Waals surface area contributed by atoms with E-state index in [-0.39, 0.29) is 12.5 Å². The van der Waals surface area contributed by atoms with Crippen molar-refractivity contribution in [3.8, 4) is 0 Å². The monoisotopic (exact) mass is 270 g/mol. The van der Waals surface area contributed by atoms with Gasteiger partial charge in [0.15, 0.2) is 0 Å². The van der Waals surface area contributed by atoms with Crippen molar-refractivity contribution in [3.63, 3.8) is 0 Å². The average molecular weight is 271 g/mol. The molecule has 15 heavy (non-hydrogen) atoms. The van der Waals surface area contributed by atoms with Crippen LogP contribution in [0.4, 0.5) is 0 Å². The molecule has 3 nitrogen and oxygen atoms in total. The molecular formula is C11H11BrO3. The fourth-order valence-corrected chi connectivity index (χ4v) is 2.24. The van der Waals surface area contributed by atoms with Crippen LogP contribution in [0.3, 0.4) is 0 Å². The number of hydrogen-bond donors (Lipinski definition) is 1. The Kier molecular flexibility index (Phi) is 3.07. The van der Waals surface area contributed by atoms with E-state index in [2.05, 4.69) is 15.9 Å². The third kappa shape index (κ3) is 2.38. The van der Waals surface area contributed by atoms with Gasteiger partial charge in [-0.2, -0.15) is 0 Å². The molecule has 0 bridgehead atoms. The maximum atomic E-state index is 10.7. The summed E-state index contributed by atoms with van der Waals surface area (Å²) in [5.74, 6) is -0.823. The molecule has 1 aromatic carbocycles. The molecule has 1 N–H and O–H groups in total. The maximum absolute atomic E-state index is 10.7.